The minimum absolute atomic E-state index is 0.196. The number of benzene rings is 1. The van der Waals surface area contributed by atoms with Crippen LogP contribution in [-0.2, 0) is 6.42 Å². The molecule has 0 amide bonds. The summed E-state index contributed by atoms with van der Waals surface area (Å²) in [6.45, 7) is 1.98. The third-order valence-electron chi connectivity index (χ3n) is 3.49. The van der Waals surface area contributed by atoms with Crippen LogP contribution in [0.25, 0.3) is 0 Å². The van der Waals surface area contributed by atoms with Gasteiger partial charge in [-0.15, -0.1) is 0 Å². The number of nitrogens with zero attached hydrogens (tertiary/aromatic N) is 1. The summed E-state index contributed by atoms with van der Waals surface area (Å²) in [5.41, 5.74) is 4.31. The Bertz CT molecular complexity index is 580. The van der Waals surface area contributed by atoms with Crippen molar-refractivity contribution in [2.75, 3.05) is 5.32 Å². The van der Waals surface area contributed by atoms with E-state index >= 15 is 0 Å². The molecule has 1 unspecified atom stereocenters. The van der Waals surface area contributed by atoms with Crippen molar-refractivity contribution in [1.82, 2.24) is 4.98 Å². The summed E-state index contributed by atoms with van der Waals surface area (Å²) < 4.78 is 13.3. The number of pyridine rings is 1. The van der Waals surface area contributed by atoms with Crippen molar-refractivity contribution in [3.63, 3.8) is 0 Å². The Balaban J connectivity index is 1.88. The highest BCUT2D eigenvalue weighted by atomic mass is 19.1. The van der Waals surface area contributed by atoms with Gasteiger partial charge in [-0.25, -0.2) is 4.39 Å². The van der Waals surface area contributed by atoms with E-state index in [1.54, 1.807) is 12.1 Å². The maximum absolute atomic E-state index is 13.3. The van der Waals surface area contributed by atoms with Gasteiger partial charge in [-0.1, -0.05) is 12.1 Å². The first kappa shape index (κ1) is 11.2. The highest BCUT2D eigenvalue weighted by Gasteiger charge is 2.23. The lowest BCUT2D eigenvalue weighted by molar-refractivity contribution is 0.627. The van der Waals surface area contributed by atoms with E-state index in [1.807, 2.05) is 19.2 Å². The van der Waals surface area contributed by atoms with Gasteiger partial charge in [0.25, 0.3) is 0 Å². The molecule has 0 aliphatic heterocycles. The van der Waals surface area contributed by atoms with Crippen LogP contribution in [0.5, 0.6) is 0 Å². The van der Waals surface area contributed by atoms with Crippen LogP contribution in [0.1, 0.15) is 29.3 Å². The third kappa shape index (κ3) is 1.96. The zero-order valence-corrected chi connectivity index (χ0v) is 10.3. The van der Waals surface area contributed by atoms with Crippen molar-refractivity contribution < 1.29 is 4.39 Å². The van der Waals surface area contributed by atoms with E-state index in [0.29, 0.717) is 0 Å². The molecule has 0 saturated heterocycles. The third-order valence-corrected chi connectivity index (χ3v) is 3.49. The molecular formula is C15H15FN2. The summed E-state index contributed by atoms with van der Waals surface area (Å²) in [5, 5.41) is 3.40. The second kappa shape index (κ2) is 4.41. The molecule has 3 rings (SSSR count). The fourth-order valence-corrected chi connectivity index (χ4v) is 2.49. The molecule has 0 saturated carbocycles. The van der Waals surface area contributed by atoms with Crippen molar-refractivity contribution in [2.24, 2.45) is 0 Å². The number of hydrogen-bond donors (Lipinski definition) is 1. The minimum Gasteiger partial charge on any atom is -0.376 e. The summed E-state index contributed by atoms with van der Waals surface area (Å²) in [6.07, 6.45) is 3.87. The average molecular weight is 242 g/mol. The van der Waals surface area contributed by atoms with E-state index in [0.717, 1.165) is 29.8 Å². The van der Waals surface area contributed by atoms with Gasteiger partial charge in [0.05, 0.1) is 11.7 Å². The Morgan fingerprint density at radius 3 is 3.11 bits per heavy atom. The zero-order valence-electron chi connectivity index (χ0n) is 10.3. The largest absolute Gasteiger partial charge is 0.376 e. The average Bonchev–Trinajstić information content (AvgIpc) is 2.78. The maximum Gasteiger partial charge on any atom is 0.125 e. The Hall–Kier alpha value is -1.90. The van der Waals surface area contributed by atoms with Crippen molar-refractivity contribution in [3.05, 3.63) is 59.2 Å². The Labute approximate surface area is 106 Å². The molecule has 0 spiro atoms. The first-order chi connectivity index (χ1) is 8.74. The first-order valence-corrected chi connectivity index (χ1v) is 6.20. The van der Waals surface area contributed by atoms with Gasteiger partial charge in [0.2, 0.25) is 0 Å². The summed E-state index contributed by atoms with van der Waals surface area (Å²) in [6, 6.07) is 9.11. The fraction of sp³-hybridized carbons (Fsp3) is 0.267. The van der Waals surface area contributed by atoms with Gasteiger partial charge < -0.3 is 5.32 Å². The van der Waals surface area contributed by atoms with Crippen LogP contribution in [0.4, 0.5) is 10.1 Å². The first-order valence-electron chi connectivity index (χ1n) is 6.20. The van der Waals surface area contributed by atoms with Crippen molar-refractivity contribution in [2.45, 2.75) is 25.8 Å². The molecule has 0 fully saturated rings. The minimum atomic E-state index is -0.206. The van der Waals surface area contributed by atoms with Crippen LogP contribution in [0.2, 0.25) is 0 Å². The van der Waals surface area contributed by atoms with E-state index in [-0.39, 0.29) is 11.9 Å². The second-order valence-corrected chi connectivity index (χ2v) is 4.74. The van der Waals surface area contributed by atoms with Gasteiger partial charge in [-0.2, -0.15) is 0 Å². The number of nitrogens with one attached hydrogen (secondary N) is 1. The lowest BCUT2D eigenvalue weighted by Gasteiger charge is -2.16. The molecule has 0 radical (unpaired) electrons. The lowest BCUT2D eigenvalue weighted by atomic mass is 10.1. The summed E-state index contributed by atoms with van der Waals surface area (Å²) in [7, 11) is 0. The summed E-state index contributed by atoms with van der Waals surface area (Å²) in [5.74, 6) is -0.206. The zero-order chi connectivity index (χ0) is 12.5. The molecule has 1 heterocycles. The molecule has 1 aromatic carbocycles. The summed E-state index contributed by atoms with van der Waals surface area (Å²) in [4.78, 5) is 4.43. The number of rotatable bonds is 2. The number of anilines is 1. The van der Waals surface area contributed by atoms with Crippen molar-refractivity contribution >= 4 is 5.69 Å². The highest BCUT2D eigenvalue weighted by Crippen LogP contribution is 2.32. The molecule has 18 heavy (non-hydrogen) atoms. The van der Waals surface area contributed by atoms with Crippen LogP contribution < -0.4 is 5.32 Å². The van der Waals surface area contributed by atoms with Crippen LogP contribution in [0.3, 0.4) is 0 Å². The molecule has 2 aromatic rings. The molecule has 0 bridgehead atoms. The van der Waals surface area contributed by atoms with Crippen LogP contribution in [0.15, 0.2) is 36.5 Å². The Kier molecular flexibility index (Phi) is 2.74. The van der Waals surface area contributed by atoms with Crippen LogP contribution in [-0.4, -0.2) is 4.98 Å². The van der Waals surface area contributed by atoms with E-state index in [1.165, 1.54) is 11.6 Å². The Morgan fingerprint density at radius 1 is 1.33 bits per heavy atom. The molecule has 3 heteroatoms. The summed E-state index contributed by atoms with van der Waals surface area (Å²) >= 11 is 0. The monoisotopic (exact) mass is 242 g/mol. The van der Waals surface area contributed by atoms with Crippen LogP contribution in [0, 0.1) is 12.7 Å². The molecule has 1 aliphatic carbocycles. The maximum atomic E-state index is 13.3. The quantitative estimate of drug-likeness (QED) is 0.869. The highest BCUT2D eigenvalue weighted by molar-refractivity contribution is 5.53. The predicted molar refractivity (Wildman–Crippen MR) is 70.1 cm³/mol. The normalized spacial score (nSPS) is 17.6. The van der Waals surface area contributed by atoms with Crippen molar-refractivity contribution in [1.29, 1.82) is 0 Å². The van der Waals surface area contributed by atoms with Gasteiger partial charge in [-0.05, 0) is 49.1 Å². The fourth-order valence-electron chi connectivity index (χ4n) is 2.49. The number of fused-ring (bicyclic) bond motifs is 1. The van der Waals surface area contributed by atoms with Crippen molar-refractivity contribution in [3.8, 4) is 0 Å². The molecular weight excluding hydrogens is 227 g/mol. The number of aryl methyl sites for hydroxylation is 2. The number of halogens is 1. The van der Waals surface area contributed by atoms with Gasteiger partial charge in [0.1, 0.15) is 5.82 Å². The molecule has 1 aliphatic rings. The van der Waals surface area contributed by atoms with E-state index in [4.69, 9.17) is 0 Å². The van der Waals surface area contributed by atoms with E-state index in [2.05, 4.69) is 16.4 Å². The van der Waals surface area contributed by atoms with E-state index in [9.17, 15) is 4.39 Å². The van der Waals surface area contributed by atoms with Gasteiger partial charge in [0, 0.05) is 11.9 Å². The SMILES string of the molecule is Cc1ccc(F)cc1NC1CCc2cccnc21. The Morgan fingerprint density at radius 2 is 2.22 bits per heavy atom. The number of aromatic nitrogens is 1. The smallest absolute Gasteiger partial charge is 0.125 e. The molecule has 92 valence electrons. The van der Waals surface area contributed by atoms with Crippen LogP contribution >= 0.6 is 0 Å². The van der Waals surface area contributed by atoms with Gasteiger partial charge in [-0.3, -0.25) is 4.98 Å². The molecule has 1 N–H and O–H groups in total. The topological polar surface area (TPSA) is 24.9 Å². The predicted octanol–water partition coefficient (Wildman–Crippen LogP) is 3.63. The number of hydrogen-bond acceptors (Lipinski definition) is 2. The van der Waals surface area contributed by atoms with Gasteiger partial charge in [0.15, 0.2) is 0 Å². The molecule has 1 aromatic heterocycles. The molecule has 1 atom stereocenters. The van der Waals surface area contributed by atoms with E-state index < -0.39 is 0 Å². The lowest BCUT2D eigenvalue weighted by Crippen LogP contribution is -2.09. The van der Waals surface area contributed by atoms with Gasteiger partial charge >= 0.3 is 0 Å². The standard InChI is InChI=1S/C15H15FN2/c1-10-4-6-12(16)9-14(10)18-13-7-5-11-3-2-8-17-15(11)13/h2-4,6,8-9,13,18H,5,7H2,1H3. The molecule has 2 nitrogen and oxygen atoms in total. The second-order valence-electron chi connectivity index (χ2n) is 4.74.